The van der Waals surface area contributed by atoms with Gasteiger partial charge in [0, 0.05) is 7.11 Å². The third kappa shape index (κ3) is 2.95. The van der Waals surface area contributed by atoms with Crippen molar-refractivity contribution in [2.45, 2.75) is 25.8 Å². The molecule has 0 bridgehead atoms. The van der Waals surface area contributed by atoms with E-state index in [2.05, 4.69) is 32.3 Å². The average molecular weight is 285 g/mol. The second-order valence-electron chi connectivity index (χ2n) is 4.31. The molecule has 1 heterocycles. The number of aromatic nitrogens is 1. The van der Waals surface area contributed by atoms with Crippen LogP contribution in [-0.4, -0.2) is 24.7 Å². The standard InChI is InChI=1S/C12H17BrN2O/c1-8-10(5-6-12(13)14-8)15-11(7-16-2)9-3-4-9/h5-6,9,11,15H,3-4,7H2,1-2H3. The van der Waals surface area contributed by atoms with Crippen LogP contribution in [0.3, 0.4) is 0 Å². The molecule has 2 rings (SSSR count). The van der Waals surface area contributed by atoms with Gasteiger partial charge in [-0.1, -0.05) is 0 Å². The van der Waals surface area contributed by atoms with Crippen molar-refractivity contribution < 1.29 is 4.74 Å². The Morgan fingerprint density at radius 1 is 1.56 bits per heavy atom. The van der Waals surface area contributed by atoms with Gasteiger partial charge in [0.05, 0.1) is 24.0 Å². The molecule has 88 valence electrons. The largest absolute Gasteiger partial charge is 0.383 e. The molecule has 1 aliphatic carbocycles. The molecule has 0 aromatic carbocycles. The molecule has 1 aliphatic rings. The Kier molecular flexibility index (Phi) is 3.82. The van der Waals surface area contributed by atoms with Crippen LogP contribution in [0.4, 0.5) is 5.69 Å². The normalized spacial score (nSPS) is 17.2. The first-order valence-electron chi connectivity index (χ1n) is 5.59. The highest BCUT2D eigenvalue weighted by atomic mass is 79.9. The van der Waals surface area contributed by atoms with Crippen molar-refractivity contribution in [3.05, 3.63) is 22.4 Å². The molecule has 1 aromatic rings. The molecule has 0 saturated heterocycles. The molecular formula is C12H17BrN2O. The number of ether oxygens (including phenoxy) is 1. The van der Waals surface area contributed by atoms with Gasteiger partial charge in [-0.05, 0) is 53.7 Å². The molecular weight excluding hydrogens is 268 g/mol. The van der Waals surface area contributed by atoms with Crippen molar-refractivity contribution in [1.82, 2.24) is 4.98 Å². The number of pyridine rings is 1. The number of aryl methyl sites for hydroxylation is 1. The van der Waals surface area contributed by atoms with Crippen LogP contribution in [0.25, 0.3) is 0 Å². The SMILES string of the molecule is COCC(Nc1ccc(Br)nc1C)C1CC1. The molecule has 16 heavy (non-hydrogen) atoms. The van der Waals surface area contributed by atoms with E-state index in [4.69, 9.17) is 4.74 Å². The van der Waals surface area contributed by atoms with Gasteiger partial charge in [0.15, 0.2) is 0 Å². The van der Waals surface area contributed by atoms with Crippen LogP contribution in [0, 0.1) is 12.8 Å². The van der Waals surface area contributed by atoms with Crippen LogP contribution in [0.2, 0.25) is 0 Å². The van der Waals surface area contributed by atoms with Crippen molar-refractivity contribution in [3.8, 4) is 0 Å². The molecule has 4 heteroatoms. The maximum Gasteiger partial charge on any atom is 0.106 e. The number of nitrogens with zero attached hydrogens (tertiary/aromatic N) is 1. The summed E-state index contributed by atoms with van der Waals surface area (Å²) in [5.74, 6) is 0.767. The van der Waals surface area contributed by atoms with Crippen molar-refractivity contribution >= 4 is 21.6 Å². The van der Waals surface area contributed by atoms with Crippen LogP contribution in [0.1, 0.15) is 18.5 Å². The van der Waals surface area contributed by atoms with Gasteiger partial charge in [0.1, 0.15) is 4.60 Å². The summed E-state index contributed by atoms with van der Waals surface area (Å²) in [5, 5.41) is 3.53. The molecule has 1 atom stereocenters. The summed E-state index contributed by atoms with van der Waals surface area (Å²) in [6, 6.07) is 4.45. The van der Waals surface area contributed by atoms with Gasteiger partial charge >= 0.3 is 0 Å². The van der Waals surface area contributed by atoms with Crippen molar-refractivity contribution in [3.63, 3.8) is 0 Å². The van der Waals surface area contributed by atoms with Gasteiger partial charge in [0.25, 0.3) is 0 Å². The van der Waals surface area contributed by atoms with E-state index in [1.54, 1.807) is 7.11 Å². The van der Waals surface area contributed by atoms with E-state index in [0.717, 1.165) is 28.5 Å². The van der Waals surface area contributed by atoms with E-state index < -0.39 is 0 Å². The third-order valence-corrected chi connectivity index (χ3v) is 3.37. The number of nitrogens with one attached hydrogen (secondary N) is 1. The molecule has 0 radical (unpaired) electrons. The molecule has 1 aromatic heterocycles. The smallest absolute Gasteiger partial charge is 0.106 e. The fraction of sp³-hybridized carbons (Fsp3) is 0.583. The predicted molar refractivity (Wildman–Crippen MR) is 68.7 cm³/mol. The minimum absolute atomic E-state index is 0.423. The molecule has 1 N–H and O–H groups in total. The lowest BCUT2D eigenvalue weighted by molar-refractivity contribution is 0.179. The average Bonchev–Trinajstić information content (AvgIpc) is 3.04. The Hall–Kier alpha value is -0.610. The molecule has 0 amide bonds. The third-order valence-electron chi connectivity index (χ3n) is 2.93. The van der Waals surface area contributed by atoms with Crippen molar-refractivity contribution in [1.29, 1.82) is 0 Å². The summed E-state index contributed by atoms with van der Waals surface area (Å²) in [5.41, 5.74) is 2.13. The minimum Gasteiger partial charge on any atom is -0.383 e. The number of halogens is 1. The second-order valence-corrected chi connectivity index (χ2v) is 5.12. The lowest BCUT2D eigenvalue weighted by Crippen LogP contribution is -2.27. The Morgan fingerprint density at radius 3 is 2.88 bits per heavy atom. The van der Waals surface area contributed by atoms with E-state index in [0.29, 0.717) is 6.04 Å². The van der Waals surface area contributed by atoms with Crippen LogP contribution >= 0.6 is 15.9 Å². The van der Waals surface area contributed by atoms with Crippen molar-refractivity contribution in [2.24, 2.45) is 5.92 Å². The van der Waals surface area contributed by atoms with E-state index in [9.17, 15) is 0 Å². The fourth-order valence-electron chi connectivity index (χ4n) is 1.86. The lowest BCUT2D eigenvalue weighted by Gasteiger charge is -2.19. The Morgan fingerprint density at radius 2 is 2.31 bits per heavy atom. The maximum atomic E-state index is 5.25. The predicted octanol–water partition coefficient (Wildman–Crippen LogP) is 2.99. The minimum atomic E-state index is 0.423. The summed E-state index contributed by atoms with van der Waals surface area (Å²) < 4.78 is 6.13. The number of hydrogen-bond acceptors (Lipinski definition) is 3. The van der Waals surface area contributed by atoms with Crippen LogP contribution < -0.4 is 5.32 Å². The maximum absolute atomic E-state index is 5.25. The van der Waals surface area contributed by atoms with Gasteiger partial charge in [-0.3, -0.25) is 0 Å². The first kappa shape index (κ1) is 11.9. The highest BCUT2D eigenvalue weighted by Crippen LogP contribution is 2.34. The van der Waals surface area contributed by atoms with E-state index in [1.807, 2.05) is 13.0 Å². The topological polar surface area (TPSA) is 34.1 Å². The number of rotatable bonds is 5. The second kappa shape index (κ2) is 5.15. The summed E-state index contributed by atoms with van der Waals surface area (Å²) in [7, 11) is 1.75. The van der Waals surface area contributed by atoms with Gasteiger partial charge in [-0.25, -0.2) is 4.98 Å². The van der Waals surface area contributed by atoms with Gasteiger partial charge in [-0.2, -0.15) is 0 Å². The zero-order valence-corrected chi connectivity index (χ0v) is 11.3. The summed E-state index contributed by atoms with van der Waals surface area (Å²) in [6.45, 7) is 2.78. The molecule has 1 unspecified atom stereocenters. The highest BCUT2D eigenvalue weighted by Gasteiger charge is 2.31. The molecule has 1 saturated carbocycles. The summed E-state index contributed by atoms with van der Waals surface area (Å²) in [4.78, 5) is 4.38. The van der Waals surface area contributed by atoms with Gasteiger partial charge in [-0.15, -0.1) is 0 Å². The number of methoxy groups -OCH3 is 1. The van der Waals surface area contributed by atoms with Gasteiger partial charge in [0.2, 0.25) is 0 Å². The molecule has 3 nitrogen and oxygen atoms in total. The highest BCUT2D eigenvalue weighted by molar-refractivity contribution is 9.10. The monoisotopic (exact) mass is 284 g/mol. The number of hydrogen-bond donors (Lipinski definition) is 1. The molecule has 0 spiro atoms. The molecule has 1 fully saturated rings. The van der Waals surface area contributed by atoms with E-state index >= 15 is 0 Å². The lowest BCUT2D eigenvalue weighted by atomic mass is 10.2. The quantitative estimate of drug-likeness (QED) is 0.844. The van der Waals surface area contributed by atoms with Crippen molar-refractivity contribution in [2.75, 3.05) is 19.0 Å². The van der Waals surface area contributed by atoms with Gasteiger partial charge < -0.3 is 10.1 Å². The fourth-order valence-corrected chi connectivity index (χ4v) is 2.25. The zero-order valence-electron chi connectivity index (χ0n) is 9.66. The Labute approximate surface area is 105 Å². The first-order valence-corrected chi connectivity index (χ1v) is 6.38. The van der Waals surface area contributed by atoms with E-state index in [1.165, 1.54) is 12.8 Å². The first-order chi connectivity index (χ1) is 7.70. The van der Waals surface area contributed by atoms with Crippen LogP contribution in [0.5, 0.6) is 0 Å². The zero-order chi connectivity index (χ0) is 11.5. The Bertz CT molecular complexity index is 366. The van der Waals surface area contributed by atoms with Crippen LogP contribution in [0.15, 0.2) is 16.7 Å². The number of anilines is 1. The van der Waals surface area contributed by atoms with Crippen LogP contribution in [-0.2, 0) is 4.74 Å². The Balaban J connectivity index is 2.05. The summed E-state index contributed by atoms with van der Waals surface area (Å²) >= 11 is 3.37. The molecule has 0 aliphatic heterocycles. The van der Waals surface area contributed by atoms with E-state index in [-0.39, 0.29) is 0 Å². The summed E-state index contributed by atoms with van der Waals surface area (Å²) in [6.07, 6.45) is 2.62.